The SMILES string of the molecule is COc1ccc(C(=O)COC(=O)c2cccc(OC)c2O)cc1Br. The molecule has 1 N–H and O–H groups in total. The molecule has 0 spiro atoms. The predicted molar refractivity (Wildman–Crippen MR) is 90.0 cm³/mol. The normalized spacial score (nSPS) is 10.1. The van der Waals surface area contributed by atoms with E-state index in [0.717, 1.165) is 0 Å². The summed E-state index contributed by atoms with van der Waals surface area (Å²) in [5, 5.41) is 9.90. The molecule has 0 unspecified atom stereocenters. The highest BCUT2D eigenvalue weighted by molar-refractivity contribution is 9.10. The molecule has 24 heavy (non-hydrogen) atoms. The van der Waals surface area contributed by atoms with E-state index in [1.54, 1.807) is 18.2 Å². The molecule has 0 bridgehead atoms. The van der Waals surface area contributed by atoms with Gasteiger partial charge in [-0.2, -0.15) is 0 Å². The number of esters is 1. The van der Waals surface area contributed by atoms with E-state index in [0.29, 0.717) is 15.8 Å². The molecular weight excluding hydrogens is 380 g/mol. The van der Waals surface area contributed by atoms with E-state index < -0.39 is 12.6 Å². The largest absolute Gasteiger partial charge is 0.504 e. The maximum Gasteiger partial charge on any atom is 0.342 e. The molecule has 2 aromatic rings. The molecule has 2 aromatic carbocycles. The number of benzene rings is 2. The van der Waals surface area contributed by atoms with Crippen molar-refractivity contribution in [2.24, 2.45) is 0 Å². The molecule has 0 aromatic heterocycles. The quantitative estimate of drug-likeness (QED) is 0.598. The van der Waals surface area contributed by atoms with Crippen LogP contribution in [0.2, 0.25) is 0 Å². The van der Waals surface area contributed by atoms with Gasteiger partial charge < -0.3 is 19.3 Å². The monoisotopic (exact) mass is 394 g/mol. The summed E-state index contributed by atoms with van der Waals surface area (Å²) in [5.74, 6) is -0.786. The first kappa shape index (κ1) is 17.8. The Bertz CT molecular complexity index is 772. The van der Waals surface area contributed by atoms with Crippen molar-refractivity contribution in [3.05, 3.63) is 52.0 Å². The molecule has 0 fully saturated rings. The smallest absolute Gasteiger partial charge is 0.342 e. The molecule has 0 heterocycles. The Morgan fingerprint density at radius 2 is 1.79 bits per heavy atom. The molecule has 0 saturated heterocycles. The van der Waals surface area contributed by atoms with Crippen molar-refractivity contribution in [1.82, 2.24) is 0 Å². The average Bonchev–Trinajstić information content (AvgIpc) is 2.59. The van der Waals surface area contributed by atoms with E-state index in [2.05, 4.69) is 15.9 Å². The van der Waals surface area contributed by atoms with E-state index in [1.807, 2.05) is 0 Å². The third kappa shape index (κ3) is 3.86. The number of aromatic hydroxyl groups is 1. The number of Topliss-reactive ketones (excluding diaryl/α,β-unsaturated/α-hetero) is 1. The number of para-hydroxylation sites is 1. The molecule has 0 aliphatic heterocycles. The molecule has 0 atom stereocenters. The third-order valence-corrected chi connectivity index (χ3v) is 3.87. The van der Waals surface area contributed by atoms with E-state index >= 15 is 0 Å². The summed E-state index contributed by atoms with van der Waals surface area (Å²) < 4.78 is 15.6. The fourth-order valence-electron chi connectivity index (χ4n) is 1.98. The minimum absolute atomic E-state index is 0.0712. The van der Waals surface area contributed by atoms with Gasteiger partial charge in [0.15, 0.2) is 23.9 Å². The first-order valence-corrected chi connectivity index (χ1v) is 7.67. The molecule has 7 heteroatoms. The number of phenolic OH excluding ortho intramolecular Hbond substituents is 1. The number of phenols is 1. The van der Waals surface area contributed by atoms with Gasteiger partial charge in [-0.3, -0.25) is 4.79 Å². The highest BCUT2D eigenvalue weighted by Crippen LogP contribution is 2.30. The first-order valence-electron chi connectivity index (χ1n) is 6.87. The zero-order valence-electron chi connectivity index (χ0n) is 13.0. The molecule has 126 valence electrons. The number of halogens is 1. The van der Waals surface area contributed by atoms with Crippen LogP contribution in [-0.4, -0.2) is 37.7 Å². The van der Waals surface area contributed by atoms with E-state index in [-0.39, 0.29) is 22.8 Å². The lowest BCUT2D eigenvalue weighted by Gasteiger charge is -2.09. The molecule has 0 aliphatic carbocycles. The highest BCUT2D eigenvalue weighted by atomic mass is 79.9. The van der Waals surface area contributed by atoms with Gasteiger partial charge in [0, 0.05) is 5.56 Å². The summed E-state index contributed by atoms with van der Waals surface area (Å²) in [6, 6.07) is 9.21. The minimum atomic E-state index is -0.813. The summed E-state index contributed by atoms with van der Waals surface area (Å²) in [4.78, 5) is 24.1. The van der Waals surface area contributed by atoms with Crippen molar-refractivity contribution in [2.45, 2.75) is 0 Å². The first-order chi connectivity index (χ1) is 11.5. The molecule has 0 saturated carbocycles. The standard InChI is InChI=1S/C17H15BrO6/c1-22-14-7-6-10(8-12(14)18)13(19)9-24-17(21)11-4-3-5-15(23-2)16(11)20/h3-8,20H,9H2,1-2H3. The molecule has 0 radical (unpaired) electrons. The summed E-state index contributed by atoms with van der Waals surface area (Å²) in [5.41, 5.74) is 0.295. The maximum absolute atomic E-state index is 12.1. The summed E-state index contributed by atoms with van der Waals surface area (Å²) in [7, 11) is 2.89. The van der Waals surface area contributed by atoms with Crippen molar-refractivity contribution in [1.29, 1.82) is 0 Å². The summed E-state index contributed by atoms with van der Waals surface area (Å²) >= 11 is 3.29. The van der Waals surface area contributed by atoms with Crippen LogP contribution in [-0.2, 0) is 4.74 Å². The van der Waals surface area contributed by atoms with Gasteiger partial charge in [-0.1, -0.05) is 6.07 Å². The van der Waals surface area contributed by atoms with Gasteiger partial charge in [0.25, 0.3) is 0 Å². The van der Waals surface area contributed by atoms with Crippen molar-refractivity contribution in [3.8, 4) is 17.2 Å². The van der Waals surface area contributed by atoms with Crippen LogP contribution < -0.4 is 9.47 Å². The Morgan fingerprint density at radius 1 is 1.08 bits per heavy atom. The van der Waals surface area contributed by atoms with Crippen molar-refractivity contribution in [2.75, 3.05) is 20.8 Å². The van der Waals surface area contributed by atoms with Gasteiger partial charge in [-0.05, 0) is 46.3 Å². The van der Waals surface area contributed by atoms with Crippen LogP contribution in [0.25, 0.3) is 0 Å². The Morgan fingerprint density at radius 3 is 2.42 bits per heavy atom. The Balaban J connectivity index is 2.06. The molecule has 0 aliphatic rings. The maximum atomic E-state index is 12.1. The predicted octanol–water partition coefficient (Wildman–Crippen LogP) is 3.21. The molecule has 6 nitrogen and oxygen atoms in total. The van der Waals surface area contributed by atoms with E-state index in [4.69, 9.17) is 14.2 Å². The van der Waals surface area contributed by atoms with Crippen molar-refractivity contribution in [3.63, 3.8) is 0 Å². The van der Waals surface area contributed by atoms with Gasteiger partial charge in [0.1, 0.15) is 11.3 Å². The number of carbonyl (C=O) groups excluding carboxylic acids is 2. The van der Waals surface area contributed by atoms with Gasteiger partial charge >= 0.3 is 5.97 Å². The second-order valence-corrected chi connectivity index (χ2v) is 5.56. The van der Waals surface area contributed by atoms with Crippen molar-refractivity contribution < 1.29 is 28.9 Å². The fourth-order valence-corrected chi connectivity index (χ4v) is 2.52. The van der Waals surface area contributed by atoms with Crippen LogP contribution in [0.3, 0.4) is 0 Å². The zero-order valence-corrected chi connectivity index (χ0v) is 14.6. The third-order valence-electron chi connectivity index (χ3n) is 3.25. The Kier molecular flexibility index (Phi) is 5.81. The number of rotatable bonds is 6. The van der Waals surface area contributed by atoms with E-state index in [1.165, 1.54) is 32.4 Å². The van der Waals surface area contributed by atoms with Gasteiger partial charge in [-0.15, -0.1) is 0 Å². The topological polar surface area (TPSA) is 82.1 Å². The van der Waals surface area contributed by atoms with Crippen LogP contribution in [0, 0.1) is 0 Å². The van der Waals surface area contributed by atoms with Crippen LogP contribution in [0.1, 0.15) is 20.7 Å². The number of ether oxygens (including phenoxy) is 3. The van der Waals surface area contributed by atoms with Gasteiger partial charge in [-0.25, -0.2) is 4.79 Å². The number of ketones is 1. The molecule has 2 rings (SSSR count). The zero-order chi connectivity index (χ0) is 17.7. The van der Waals surface area contributed by atoms with Gasteiger partial charge in [0.05, 0.1) is 18.7 Å². The van der Waals surface area contributed by atoms with Crippen LogP contribution >= 0.6 is 15.9 Å². The lowest BCUT2D eigenvalue weighted by Crippen LogP contribution is -2.14. The lowest BCUT2D eigenvalue weighted by molar-refractivity contribution is 0.0471. The Hall–Kier alpha value is -2.54. The Labute approximate surface area is 147 Å². The highest BCUT2D eigenvalue weighted by Gasteiger charge is 2.18. The van der Waals surface area contributed by atoms with Crippen LogP contribution in [0.5, 0.6) is 17.2 Å². The van der Waals surface area contributed by atoms with Crippen molar-refractivity contribution >= 4 is 27.7 Å². The second-order valence-electron chi connectivity index (χ2n) is 4.71. The molecular formula is C17H15BrO6. The number of hydrogen-bond acceptors (Lipinski definition) is 6. The number of carbonyl (C=O) groups is 2. The number of hydrogen-bond donors (Lipinski definition) is 1. The van der Waals surface area contributed by atoms with Crippen LogP contribution in [0.15, 0.2) is 40.9 Å². The average molecular weight is 395 g/mol. The van der Waals surface area contributed by atoms with Crippen LogP contribution in [0.4, 0.5) is 0 Å². The molecule has 0 amide bonds. The lowest BCUT2D eigenvalue weighted by atomic mass is 10.1. The minimum Gasteiger partial charge on any atom is -0.504 e. The number of methoxy groups -OCH3 is 2. The van der Waals surface area contributed by atoms with Gasteiger partial charge in [0.2, 0.25) is 0 Å². The summed E-state index contributed by atoms with van der Waals surface area (Å²) in [6.45, 7) is -0.450. The van der Waals surface area contributed by atoms with E-state index in [9.17, 15) is 14.7 Å². The fraction of sp³-hybridized carbons (Fsp3) is 0.176. The summed E-state index contributed by atoms with van der Waals surface area (Å²) in [6.07, 6.45) is 0. The second kappa shape index (κ2) is 7.83.